The summed E-state index contributed by atoms with van der Waals surface area (Å²) in [5.74, 6) is 0.639. The molecule has 2 rings (SSSR count). The highest BCUT2D eigenvalue weighted by molar-refractivity contribution is 9.10. The quantitative estimate of drug-likeness (QED) is 0.822. The molecule has 1 heterocycles. The van der Waals surface area contributed by atoms with E-state index in [1.54, 1.807) is 10.9 Å². The van der Waals surface area contributed by atoms with Crippen LogP contribution in [0.25, 0.3) is 0 Å². The second kappa shape index (κ2) is 5.69. The van der Waals surface area contributed by atoms with Gasteiger partial charge in [-0.2, -0.15) is 5.10 Å². The summed E-state index contributed by atoms with van der Waals surface area (Å²) in [5.41, 5.74) is 0.694. The number of anilines is 1. The molecule has 1 N–H and O–H groups in total. The number of nitrogens with zero attached hydrogens (tertiary/aromatic N) is 2. The molecule has 18 heavy (non-hydrogen) atoms. The Balaban J connectivity index is 2.14. The summed E-state index contributed by atoms with van der Waals surface area (Å²) in [6.07, 6.45) is 6.84. The highest BCUT2D eigenvalue weighted by Gasteiger charge is 2.23. The fourth-order valence-corrected chi connectivity index (χ4v) is 2.24. The first-order valence-corrected chi connectivity index (χ1v) is 7.04. The summed E-state index contributed by atoms with van der Waals surface area (Å²) in [5, 5.41) is 7.47. The first-order chi connectivity index (χ1) is 8.61. The molecule has 0 aromatic carbocycles. The van der Waals surface area contributed by atoms with E-state index in [0.717, 1.165) is 18.7 Å². The number of nitrogens with one attached hydrogen (secondary N) is 1. The van der Waals surface area contributed by atoms with Crippen LogP contribution in [0.2, 0.25) is 0 Å². The molecule has 0 aliphatic heterocycles. The van der Waals surface area contributed by atoms with Gasteiger partial charge in [0.1, 0.15) is 4.47 Å². The van der Waals surface area contributed by atoms with Crippen LogP contribution in [0.3, 0.4) is 0 Å². The Hall–Kier alpha value is -1.10. The molecular weight excluding hydrogens is 294 g/mol. The topological polar surface area (TPSA) is 46.9 Å². The lowest BCUT2D eigenvalue weighted by atomic mass is 10.2. The summed E-state index contributed by atoms with van der Waals surface area (Å²) in [4.78, 5) is 12.1. The summed E-state index contributed by atoms with van der Waals surface area (Å²) < 4.78 is 2.11. The highest BCUT2D eigenvalue weighted by atomic mass is 79.9. The Labute approximate surface area is 115 Å². The zero-order chi connectivity index (χ0) is 13.1. The predicted molar refractivity (Wildman–Crippen MR) is 76.8 cm³/mol. The van der Waals surface area contributed by atoms with Crippen molar-refractivity contribution in [3.05, 3.63) is 33.7 Å². The van der Waals surface area contributed by atoms with Gasteiger partial charge in [-0.3, -0.25) is 4.79 Å². The zero-order valence-corrected chi connectivity index (χ0v) is 12.1. The van der Waals surface area contributed by atoms with Crippen molar-refractivity contribution in [2.45, 2.75) is 38.8 Å². The van der Waals surface area contributed by atoms with Crippen molar-refractivity contribution >= 4 is 21.6 Å². The molecule has 1 unspecified atom stereocenters. The third-order valence-corrected chi connectivity index (χ3v) is 3.80. The lowest BCUT2D eigenvalue weighted by Gasteiger charge is -2.15. The molecule has 4 nitrogen and oxygen atoms in total. The molecule has 1 atom stereocenters. The zero-order valence-electron chi connectivity index (χ0n) is 10.5. The number of aromatic nitrogens is 2. The van der Waals surface area contributed by atoms with E-state index in [1.807, 2.05) is 13.0 Å². The summed E-state index contributed by atoms with van der Waals surface area (Å²) in [6, 6.07) is 0.235. The molecule has 1 fully saturated rings. The number of halogens is 1. The van der Waals surface area contributed by atoms with E-state index in [9.17, 15) is 4.79 Å². The Morgan fingerprint density at radius 1 is 1.72 bits per heavy atom. The molecule has 0 bridgehead atoms. The Morgan fingerprint density at radius 3 is 3.06 bits per heavy atom. The van der Waals surface area contributed by atoms with Gasteiger partial charge in [0.05, 0.1) is 11.9 Å². The lowest BCUT2D eigenvalue weighted by Crippen LogP contribution is -2.26. The van der Waals surface area contributed by atoms with Crippen molar-refractivity contribution in [3.63, 3.8) is 0 Å². The van der Waals surface area contributed by atoms with Gasteiger partial charge in [-0.05, 0) is 48.0 Å². The highest BCUT2D eigenvalue weighted by Crippen LogP contribution is 2.30. The van der Waals surface area contributed by atoms with Crippen molar-refractivity contribution in [1.82, 2.24) is 9.78 Å². The number of hydrogen-bond acceptors (Lipinski definition) is 3. The second-order valence-corrected chi connectivity index (χ2v) is 5.67. The van der Waals surface area contributed by atoms with E-state index >= 15 is 0 Å². The van der Waals surface area contributed by atoms with Crippen molar-refractivity contribution in [2.24, 2.45) is 5.92 Å². The maximum absolute atomic E-state index is 12.1. The third-order valence-electron chi connectivity index (χ3n) is 3.04. The maximum atomic E-state index is 12.1. The van der Waals surface area contributed by atoms with Crippen LogP contribution in [0.15, 0.2) is 28.1 Å². The van der Waals surface area contributed by atoms with Crippen LogP contribution < -0.4 is 10.9 Å². The first-order valence-electron chi connectivity index (χ1n) is 6.25. The maximum Gasteiger partial charge on any atom is 0.283 e. The van der Waals surface area contributed by atoms with E-state index in [4.69, 9.17) is 0 Å². The van der Waals surface area contributed by atoms with Gasteiger partial charge in [0.2, 0.25) is 0 Å². The van der Waals surface area contributed by atoms with Gasteiger partial charge in [-0.25, -0.2) is 4.68 Å². The minimum absolute atomic E-state index is 0.0577. The summed E-state index contributed by atoms with van der Waals surface area (Å²) in [6.45, 7) is 6.48. The molecule has 1 saturated carbocycles. The van der Waals surface area contributed by atoms with E-state index in [1.165, 1.54) is 12.8 Å². The Bertz CT molecular complexity index is 493. The van der Waals surface area contributed by atoms with Gasteiger partial charge >= 0.3 is 0 Å². The van der Waals surface area contributed by atoms with E-state index in [0.29, 0.717) is 10.4 Å². The third kappa shape index (κ3) is 3.22. The van der Waals surface area contributed by atoms with E-state index < -0.39 is 0 Å². The molecule has 0 spiro atoms. The SMILES string of the molecule is C=CCC(C)Nc1cnn(CC2CC2)c(=O)c1Br. The van der Waals surface area contributed by atoms with Crippen molar-refractivity contribution in [1.29, 1.82) is 0 Å². The van der Waals surface area contributed by atoms with Crippen molar-refractivity contribution in [2.75, 3.05) is 5.32 Å². The largest absolute Gasteiger partial charge is 0.380 e. The van der Waals surface area contributed by atoms with Crippen LogP contribution in [0.5, 0.6) is 0 Å². The van der Waals surface area contributed by atoms with Gasteiger partial charge in [-0.15, -0.1) is 6.58 Å². The average molecular weight is 312 g/mol. The minimum Gasteiger partial charge on any atom is -0.380 e. The standard InChI is InChI=1S/C13H18BrN3O/c1-3-4-9(2)16-11-7-15-17(8-10-5-6-10)13(18)12(11)14/h3,7,9-10,16H,1,4-6,8H2,2H3. The monoisotopic (exact) mass is 311 g/mol. The van der Waals surface area contributed by atoms with Crippen LogP contribution in [0.4, 0.5) is 5.69 Å². The molecule has 0 saturated heterocycles. The van der Waals surface area contributed by atoms with Crippen molar-refractivity contribution < 1.29 is 0 Å². The molecule has 1 aromatic heterocycles. The van der Waals surface area contributed by atoms with Gasteiger partial charge in [0.15, 0.2) is 0 Å². The molecular formula is C13H18BrN3O. The van der Waals surface area contributed by atoms with Crippen LogP contribution in [-0.2, 0) is 6.54 Å². The van der Waals surface area contributed by atoms with Gasteiger partial charge in [0.25, 0.3) is 5.56 Å². The van der Waals surface area contributed by atoms with Crippen LogP contribution in [0.1, 0.15) is 26.2 Å². The fraction of sp³-hybridized carbons (Fsp3) is 0.538. The Kier molecular flexibility index (Phi) is 4.22. The molecule has 1 aliphatic rings. The number of rotatable bonds is 6. The van der Waals surface area contributed by atoms with Gasteiger partial charge < -0.3 is 5.32 Å². The van der Waals surface area contributed by atoms with Crippen LogP contribution in [0, 0.1) is 5.92 Å². The average Bonchev–Trinajstić information content (AvgIpc) is 3.13. The minimum atomic E-state index is -0.0577. The van der Waals surface area contributed by atoms with Crippen LogP contribution >= 0.6 is 15.9 Å². The van der Waals surface area contributed by atoms with Crippen LogP contribution in [-0.4, -0.2) is 15.8 Å². The van der Waals surface area contributed by atoms with E-state index in [2.05, 4.69) is 32.9 Å². The Morgan fingerprint density at radius 2 is 2.44 bits per heavy atom. The molecule has 1 aliphatic carbocycles. The molecule has 1 aromatic rings. The molecule has 5 heteroatoms. The van der Waals surface area contributed by atoms with Gasteiger partial charge in [0, 0.05) is 12.6 Å². The van der Waals surface area contributed by atoms with Gasteiger partial charge in [-0.1, -0.05) is 6.08 Å². The normalized spacial score (nSPS) is 16.3. The molecule has 0 amide bonds. The predicted octanol–water partition coefficient (Wildman–Crippen LogP) is 2.79. The first kappa shape index (κ1) is 13.3. The lowest BCUT2D eigenvalue weighted by molar-refractivity contribution is 0.531. The fourth-order valence-electron chi connectivity index (χ4n) is 1.82. The van der Waals surface area contributed by atoms with Crippen molar-refractivity contribution in [3.8, 4) is 0 Å². The van der Waals surface area contributed by atoms with E-state index in [-0.39, 0.29) is 11.6 Å². The second-order valence-electron chi connectivity index (χ2n) is 4.87. The summed E-state index contributed by atoms with van der Waals surface area (Å²) in [7, 11) is 0. The molecule has 98 valence electrons. The smallest absolute Gasteiger partial charge is 0.283 e. The number of hydrogen-bond donors (Lipinski definition) is 1. The summed E-state index contributed by atoms with van der Waals surface area (Å²) >= 11 is 3.36. The molecule has 0 radical (unpaired) electrons.